The number of carbonyl (C=O) groups is 2. The molecule has 0 bridgehead atoms. The molecule has 9 nitrogen and oxygen atoms in total. The smallest absolute Gasteiger partial charge is 0.351 e. The van der Waals surface area contributed by atoms with Gasteiger partial charge in [0.1, 0.15) is 11.9 Å². The van der Waals surface area contributed by atoms with Crippen molar-refractivity contribution in [3.8, 4) is 0 Å². The molecule has 3 aromatic rings. The van der Waals surface area contributed by atoms with Gasteiger partial charge >= 0.3 is 11.7 Å². The molecule has 0 unspecified atom stereocenters. The van der Waals surface area contributed by atoms with Crippen LogP contribution in [0.2, 0.25) is 0 Å². The third kappa shape index (κ3) is 4.81. The minimum Gasteiger partial charge on any atom is -0.453 e. The second-order valence-corrected chi connectivity index (χ2v) is 7.25. The van der Waals surface area contributed by atoms with Gasteiger partial charge in [-0.15, -0.1) is 0 Å². The fourth-order valence-corrected chi connectivity index (χ4v) is 3.43. The molecule has 0 spiro atoms. The third-order valence-electron chi connectivity index (χ3n) is 5.08. The van der Waals surface area contributed by atoms with Gasteiger partial charge in [-0.1, -0.05) is 36.4 Å². The Morgan fingerprint density at radius 1 is 1.06 bits per heavy atom. The number of ether oxygens (including phenoxy) is 2. The molecule has 2 N–H and O–H groups in total. The van der Waals surface area contributed by atoms with Crippen molar-refractivity contribution >= 4 is 17.7 Å². The number of alkyl halides is 1. The molecule has 2 heterocycles. The summed E-state index contributed by atoms with van der Waals surface area (Å²) < 4.78 is 26.8. The van der Waals surface area contributed by atoms with Crippen LogP contribution in [0.3, 0.4) is 0 Å². The molecule has 170 valence electrons. The van der Waals surface area contributed by atoms with Gasteiger partial charge in [-0.2, -0.15) is 4.98 Å². The Bertz CT molecular complexity index is 1190. The summed E-state index contributed by atoms with van der Waals surface area (Å²) >= 11 is 0. The third-order valence-corrected chi connectivity index (χ3v) is 5.08. The molecule has 2 aromatic carbocycles. The van der Waals surface area contributed by atoms with Crippen molar-refractivity contribution in [1.29, 1.82) is 0 Å². The maximum Gasteiger partial charge on any atom is 0.351 e. The zero-order chi connectivity index (χ0) is 23.4. The van der Waals surface area contributed by atoms with Crippen molar-refractivity contribution in [2.75, 3.05) is 11.9 Å². The minimum absolute atomic E-state index is 0.0238. The summed E-state index contributed by atoms with van der Waals surface area (Å²) in [6.45, 7) is -0.628. The van der Waals surface area contributed by atoms with Crippen LogP contribution in [0.25, 0.3) is 0 Å². The number of rotatable bonds is 6. The number of esters is 1. The van der Waals surface area contributed by atoms with Crippen molar-refractivity contribution in [2.24, 2.45) is 0 Å². The molecule has 1 aromatic heterocycles. The molecule has 10 heteroatoms. The number of aliphatic hydroxyl groups is 1. The summed E-state index contributed by atoms with van der Waals surface area (Å²) in [5, 5.41) is 12.1. The van der Waals surface area contributed by atoms with Gasteiger partial charge in [0.15, 0.2) is 18.5 Å². The highest BCUT2D eigenvalue weighted by molar-refractivity contribution is 6.03. The number of hydrogen-bond donors (Lipinski definition) is 2. The second kappa shape index (κ2) is 9.72. The highest BCUT2D eigenvalue weighted by Crippen LogP contribution is 2.33. The Morgan fingerprint density at radius 3 is 2.30 bits per heavy atom. The molecule has 1 aliphatic heterocycles. The summed E-state index contributed by atoms with van der Waals surface area (Å²) in [5.74, 6) is -1.27. The SMILES string of the molecule is O=C(Nc1ccn([C@@H]2O[C@H](CO)[C@@H](OC(=O)c3ccccc3)[C@H]2F)c(=O)n1)c1ccccc1. The van der Waals surface area contributed by atoms with Crippen LogP contribution in [0.15, 0.2) is 77.7 Å². The predicted octanol–water partition coefficient (Wildman–Crippen LogP) is 1.95. The van der Waals surface area contributed by atoms with E-state index in [-0.39, 0.29) is 11.4 Å². The van der Waals surface area contributed by atoms with Gasteiger partial charge in [-0.25, -0.2) is 14.0 Å². The van der Waals surface area contributed by atoms with E-state index in [4.69, 9.17) is 9.47 Å². The first-order valence-corrected chi connectivity index (χ1v) is 10.1. The van der Waals surface area contributed by atoms with Gasteiger partial charge in [0.05, 0.1) is 12.2 Å². The van der Waals surface area contributed by atoms with E-state index in [2.05, 4.69) is 10.3 Å². The first kappa shape index (κ1) is 22.3. The largest absolute Gasteiger partial charge is 0.453 e. The van der Waals surface area contributed by atoms with Gasteiger partial charge < -0.3 is 19.9 Å². The van der Waals surface area contributed by atoms with E-state index >= 15 is 4.39 Å². The van der Waals surface area contributed by atoms with E-state index in [1.54, 1.807) is 48.5 Å². The zero-order valence-electron chi connectivity index (χ0n) is 17.2. The summed E-state index contributed by atoms with van der Waals surface area (Å²) in [6, 6.07) is 17.6. The molecule has 4 atom stereocenters. The fraction of sp³-hybridized carbons (Fsp3) is 0.217. The average molecular weight is 453 g/mol. The maximum atomic E-state index is 15.2. The number of amides is 1. The van der Waals surface area contributed by atoms with Gasteiger partial charge in [-0.3, -0.25) is 9.36 Å². The van der Waals surface area contributed by atoms with Crippen molar-refractivity contribution in [3.05, 3.63) is 94.5 Å². The Hall–Kier alpha value is -3.89. The number of anilines is 1. The molecule has 1 fully saturated rings. The number of nitrogens with one attached hydrogen (secondary N) is 1. The van der Waals surface area contributed by atoms with Crippen LogP contribution in [-0.4, -0.2) is 51.5 Å². The predicted molar refractivity (Wildman–Crippen MR) is 114 cm³/mol. The van der Waals surface area contributed by atoms with Crippen LogP contribution in [0.4, 0.5) is 10.2 Å². The fourth-order valence-electron chi connectivity index (χ4n) is 3.43. The van der Waals surface area contributed by atoms with Gasteiger partial charge in [-0.05, 0) is 30.3 Å². The Morgan fingerprint density at radius 2 is 1.70 bits per heavy atom. The molecular formula is C23H20FN3O6. The molecule has 0 radical (unpaired) electrons. The molecule has 1 saturated heterocycles. The maximum absolute atomic E-state index is 15.2. The lowest BCUT2D eigenvalue weighted by molar-refractivity contribution is -0.0533. The Labute approximate surface area is 187 Å². The highest BCUT2D eigenvalue weighted by Gasteiger charge is 2.48. The molecule has 1 aliphatic rings. The lowest BCUT2D eigenvalue weighted by atomic mass is 10.1. The number of aliphatic hydroxyl groups excluding tert-OH is 1. The van der Waals surface area contributed by atoms with Gasteiger partial charge in [0, 0.05) is 11.8 Å². The van der Waals surface area contributed by atoms with Crippen LogP contribution in [-0.2, 0) is 9.47 Å². The summed E-state index contributed by atoms with van der Waals surface area (Å²) in [7, 11) is 0. The van der Waals surface area contributed by atoms with E-state index in [9.17, 15) is 19.5 Å². The molecule has 4 rings (SSSR count). The number of carbonyl (C=O) groups excluding carboxylic acids is 2. The Kier molecular flexibility index (Phi) is 6.57. The van der Waals surface area contributed by atoms with E-state index in [1.165, 1.54) is 24.4 Å². The topological polar surface area (TPSA) is 120 Å². The number of benzene rings is 2. The van der Waals surface area contributed by atoms with Crippen LogP contribution >= 0.6 is 0 Å². The lowest BCUT2D eigenvalue weighted by Gasteiger charge is -2.18. The molecule has 1 amide bonds. The van der Waals surface area contributed by atoms with Crippen molar-refractivity contribution in [2.45, 2.75) is 24.6 Å². The second-order valence-electron chi connectivity index (χ2n) is 7.25. The van der Waals surface area contributed by atoms with E-state index in [1.807, 2.05) is 0 Å². The monoisotopic (exact) mass is 453 g/mol. The summed E-state index contributed by atoms with van der Waals surface area (Å²) in [6.07, 6.45) is -4.82. The highest BCUT2D eigenvalue weighted by atomic mass is 19.1. The van der Waals surface area contributed by atoms with Gasteiger partial charge in [0.25, 0.3) is 5.91 Å². The summed E-state index contributed by atoms with van der Waals surface area (Å²) in [5.41, 5.74) is -0.303. The van der Waals surface area contributed by atoms with E-state index in [0.29, 0.717) is 5.56 Å². The average Bonchev–Trinajstić information content (AvgIpc) is 3.15. The standard InChI is InChI=1S/C23H20FN3O6/c24-18-19(33-22(30)15-9-5-2-6-10-15)16(13-28)32-21(18)27-12-11-17(26-23(27)31)25-20(29)14-7-3-1-4-8-14/h1-12,16,18-19,21,28H,13H2,(H,25,26,29,31)/t16-,18-,19-,21-/m1/s1. The van der Waals surface area contributed by atoms with Crippen LogP contribution in [0, 0.1) is 0 Å². The van der Waals surface area contributed by atoms with Crippen molar-refractivity contribution in [3.63, 3.8) is 0 Å². The first-order valence-electron chi connectivity index (χ1n) is 10.1. The number of halogens is 1. The molecule has 0 aliphatic carbocycles. The first-order chi connectivity index (χ1) is 16.0. The molecule has 33 heavy (non-hydrogen) atoms. The van der Waals surface area contributed by atoms with Gasteiger partial charge in [0.2, 0.25) is 0 Å². The zero-order valence-corrected chi connectivity index (χ0v) is 17.2. The molecule has 0 saturated carbocycles. The van der Waals surface area contributed by atoms with Crippen molar-refractivity contribution < 1.29 is 28.6 Å². The van der Waals surface area contributed by atoms with Crippen LogP contribution < -0.4 is 11.0 Å². The number of nitrogens with zero attached hydrogens (tertiary/aromatic N) is 2. The minimum atomic E-state index is -1.95. The lowest BCUT2D eigenvalue weighted by Crippen LogP contribution is -2.37. The van der Waals surface area contributed by atoms with E-state index < -0.39 is 48.8 Å². The van der Waals surface area contributed by atoms with Crippen LogP contribution in [0.5, 0.6) is 0 Å². The van der Waals surface area contributed by atoms with Crippen LogP contribution in [0.1, 0.15) is 26.9 Å². The normalized spacial score (nSPS) is 22.0. The number of hydrogen-bond acceptors (Lipinski definition) is 7. The number of aromatic nitrogens is 2. The Balaban J connectivity index is 1.49. The quantitative estimate of drug-likeness (QED) is 0.548. The van der Waals surface area contributed by atoms with Crippen molar-refractivity contribution in [1.82, 2.24) is 9.55 Å². The molecular weight excluding hydrogens is 433 g/mol. The summed E-state index contributed by atoms with van der Waals surface area (Å²) in [4.78, 5) is 40.9. The van der Waals surface area contributed by atoms with E-state index in [0.717, 1.165) is 4.57 Å².